The van der Waals surface area contributed by atoms with Crippen LogP contribution in [0.2, 0.25) is 0 Å². The molecule has 0 spiro atoms. The maximum absolute atomic E-state index is 13.0. The number of nitrogens with zero attached hydrogens (tertiary/aromatic N) is 4. The maximum atomic E-state index is 13.0. The van der Waals surface area contributed by atoms with Gasteiger partial charge in [0.1, 0.15) is 0 Å². The molecule has 0 radical (unpaired) electrons. The smallest absolute Gasteiger partial charge is 0.257 e. The summed E-state index contributed by atoms with van der Waals surface area (Å²) >= 11 is 0. The fourth-order valence-electron chi connectivity index (χ4n) is 2.72. The Bertz CT molecular complexity index is 946. The first-order valence-electron chi connectivity index (χ1n) is 8.60. The monoisotopic (exact) mass is 353 g/mol. The molecule has 3 heterocycles. The molecular formula is C19H23N5O2. The van der Waals surface area contributed by atoms with Crippen molar-refractivity contribution >= 4 is 22.8 Å². The third kappa shape index (κ3) is 3.24. The highest BCUT2D eigenvalue weighted by Crippen LogP contribution is 2.26. The van der Waals surface area contributed by atoms with E-state index in [0.29, 0.717) is 22.8 Å². The number of methoxy groups -OCH3 is 1. The van der Waals surface area contributed by atoms with E-state index in [0.717, 1.165) is 11.1 Å². The first-order chi connectivity index (χ1) is 12.4. The number of hydrogen-bond acceptors (Lipinski definition) is 5. The summed E-state index contributed by atoms with van der Waals surface area (Å²) < 4.78 is 7.09. The Morgan fingerprint density at radius 1 is 1.27 bits per heavy atom. The summed E-state index contributed by atoms with van der Waals surface area (Å²) in [6, 6.07) is 5.47. The van der Waals surface area contributed by atoms with Gasteiger partial charge in [0, 0.05) is 17.9 Å². The van der Waals surface area contributed by atoms with Crippen molar-refractivity contribution in [2.75, 3.05) is 12.4 Å². The van der Waals surface area contributed by atoms with E-state index >= 15 is 0 Å². The second kappa shape index (κ2) is 7.11. The van der Waals surface area contributed by atoms with Gasteiger partial charge >= 0.3 is 0 Å². The number of amides is 1. The molecule has 0 aliphatic heterocycles. The SMILES string of the molecule is COc1cccnc1NC(=O)c1cc(C(C)C)nc2c1cnn2C(C)C. The van der Waals surface area contributed by atoms with E-state index in [4.69, 9.17) is 9.72 Å². The molecule has 0 aliphatic rings. The van der Waals surface area contributed by atoms with Crippen molar-refractivity contribution in [3.05, 3.63) is 41.9 Å². The molecule has 1 amide bonds. The van der Waals surface area contributed by atoms with E-state index in [1.54, 1.807) is 31.6 Å². The minimum absolute atomic E-state index is 0.147. The quantitative estimate of drug-likeness (QED) is 0.754. The number of anilines is 1. The number of hydrogen-bond donors (Lipinski definition) is 1. The van der Waals surface area contributed by atoms with Crippen molar-refractivity contribution in [1.29, 1.82) is 0 Å². The van der Waals surface area contributed by atoms with E-state index in [-0.39, 0.29) is 17.9 Å². The Morgan fingerprint density at radius 3 is 2.69 bits per heavy atom. The van der Waals surface area contributed by atoms with Crippen LogP contribution in [0.1, 0.15) is 55.7 Å². The van der Waals surface area contributed by atoms with Gasteiger partial charge in [-0.05, 0) is 38.0 Å². The number of aromatic nitrogens is 4. The zero-order valence-electron chi connectivity index (χ0n) is 15.6. The van der Waals surface area contributed by atoms with Gasteiger partial charge < -0.3 is 10.1 Å². The number of fused-ring (bicyclic) bond motifs is 1. The highest BCUT2D eigenvalue weighted by atomic mass is 16.5. The molecule has 7 heteroatoms. The maximum Gasteiger partial charge on any atom is 0.257 e. The molecule has 26 heavy (non-hydrogen) atoms. The molecule has 1 N–H and O–H groups in total. The summed E-state index contributed by atoms with van der Waals surface area (Å²) in [5.41, 5.74) is 2.08. The highest BCUT2D eigenvalue weighted by Gasteiger charge is 2.20. The van der Waals surface area contributed by atoms with Crippen molar-refractivity contribution in [2.24, 2.45) is 0 Å². The van der Waals surface area contributed by atoms with Crippen molar-refractivity contribution < 1.29 is 9.53 Å². The minimum Gasteiger partial charge on any atom is -0.493 e. The number of nitrogens with one attached hydrogen (secondary N) is 1. The molecule has 3 aromatic rings. The van der Waals surface area contributed by atoms with Gasteiger partial charge in [0.2, 0.25) is 0 Å². The molecule has 3 rings (SSSR count). The lowest BCUT2D eigenvalue weighted by molar-refractivity contribution is 0.102. The van der Waals surface area contributed by atoms with Crippen LogP contribution in [0.25, 0.3) is 11.0 Å². The molecule has 7 nitrogen and oxygen atoms in total. The highest BCUT2D eigenvalue weighted by molar-refractivity contribution is 6.12. The second-order valence-corrected chi connectivity index (χ2v) is 6.68. The van der Waals surface area contributed by atoms with Crippen LogP contribution in [0.3, 0.4) is 0 Å². The third-order valence-electron chi connectivity index (χ3n) is 4.13. The van der Waals surface area contributed by atoms with Crippen LogP contribution in [-0.4, -0.2) is 32.8 Å². The molecule has 0 atom stereocenters. The molecule has 3 aromatic heterocycles. The number of carbonyl (C=O) groups excluding carboxylic acids is 1. The zero-order valence-corrected chi connectivity index (χ0v) is 15.6. The van der Waals surface area contributed by atoms with Crippen molar-refractivity contribution in [3.63, 3.8) is 0 Å². The lowest BCUT2D eigenvalue weighted by Crippen LogP contribution is -2.15. The second-order valence-electron chi connectivity index (χ2n) is 6.68. The predicted molar refractivity (Wildman–Crippen MR) is 101 cm³/mol. The summed E-state index contributed by atoms with van der Waals surface area (Å²) in [5, 5.41) is 7.97. The summed E-state index contributed by atoms with van der Waals surface area (Å²) in [6.45, 7) is 8.17. The summed E-state index contributed by atoms with van der Waals surface area (Å²) in [7, 11) is 1.54. The predicted octanol–water partition coefficient (Wildman–Crippen LogP) is 3.79. The Kier molecular flexibility index (Phi) is 4.88. The number of pyridine rings is 2. The van der Waals surface area contributed by atoms with Gasteiger partial charge in [-0.1, -0.05) is 13.8 Å². The largest absolute Gasteiger partial charge is 0.493 e. The summed E-state index contributed by atoms with van der Waals surface area (Å²) in [4.78, 5) is 21.9. The standard InChI is InChI=1S/C19H23N5O2/c1-11(2)15-9-13(14-10-21-24(12(3)4)18(14)22-15)19(25)23-17-16(26-5)7-6-8-20-17/h6-12H,1-5H3,(H,20,23,25). The molecule has 0 saturated carbocycles. The van der Waals surface area contributed by atoms with Crippen LogP contribution < -0.4 is 10.1 Å². The van der Waals surface area contributed by atoms with Gasteiger partial charge in [-0.2, -0.15) is 5.10 Å². The lowest BCUT2D eigenvalue weighted by atomic mass is 10.0. The van der Waals surface area contributed by atoms with Crippen LogP contribution in [0.15, 0.2) is 30.6 Å². The average Bonchev–Trinajstić information content (AvgIpc) is 3.05. The topological polar surface area (TPSA) is 81.9 Å². The van der Waals surface area contributed by atoms with Gasteiger partial charge in [0.15, 0.2) is 17.2 Å². The average molecular weight is 353 g/mol. The molecule has 0 unspecified atom stereocenters. The normalized spacial score (nSPS) is 11.3. The minimum atomic E-state index is -0.264. The van der Waals surface area contributed by atoms with Crippen molar-refractivity contribution in [1.82, 2.24) is 19.7 Å². The van der Waals surface area contributed by atoms with E-state index in [1.807, 2.05) is 38.4 Å². The van der Waals surface area contributed by atoms with Crippen LogP contribution in [0.4, 0.5) is 5.82 Å². The molecule has 0 aromatic carbocycles. The van der Waals surface area contributed by atoms with E-state index in [1.165, 1.54) is 0 Å². The Morgan fingerprint density at radius 2 is 2.04 bits per heavy atom. The first kappa shape index (κ1) is 17.8. The molecule has 0 fully saturated rings. The molecular weight excluding hydrogens is 330 g/mol. The van der Waals surface area contributed by atoms with E-state index in [9.17, 15) is 4.79 Å². The number of rotatable bonds is 5. The summed E-state index contributed by atoms with van der Waals surface area (Å²) in [5.74, 6) is 0.811. The molecule has 0 bridgehead atoms. The van der Waals surface area contributed by atoms with Gasteiger partial charge in [-0.3, -0.25) is 4.79 Å². The fraction of sp³-hybridized carbons (Fsp3) is 0.368. The van der Waals surface area contributed by atoms with Crippen LogP contribution in [-0.2, 0) is 0 Å². The molecule has 136 valence electrons. The third-order valence-corrected chi connectivity index (χ3v) is 4.13. The Hall–Kier alpha value is -2.96. The zero-order chi connectivity index (χ0) is 18.8. The lowest BCUT2D eigenvalue weighted by Gasteiger charge is -2.13. The van der Waals surface area contributed by atoms with Gasteiger partial charge in [-0.25, -0.2) is 14.6 Å². The van der Waals surface area contributed by atoms with Crippen LogP contribution >= 0.6 is 0 Å². The number of carbonyl (C=O) groups is 1. The van der Waals surface area contributed by atoms with Crippen molar-refractivity contribution in [3.8, 4) is 5.75 Å². The van der Waals surface area contributed by atoms with Crippen molar-refractivity contribution in [2.45, 2.75) is 39.7 Å². The van der Waals surface area contributed by atoms with E-state index < -0.39 is 0 Å². The Balaban J connectivity index is 2.09. The molecule has 0 saturated heterocycles. The first-order valence-corrected chi connectivity index (χ1v) is 8.60. The van der Waals surface area contributed by atoms with Crippen LogP contribution in [0, 0.1) is 0 Å². The van der Waals surface area contributed by atoms with Gasteiger partial charge in [0.05, 0.1) is 24.3 Å². The number of ether oxygens (including phenoxy) is 1. The van der Waals surface area contributed by atoms with Gasteiger partial charge in [0.25, 0.3) is 5.91 Å². The summed E-state index contributed by atoms with van der Waals surface area (Å²) in [6.07, 6.45) is 3.30. The van der Waals surface area contributed by atoms with Crippen LogP contribution in [0.5, 0.6) is 5.75 Å². The molecule has 0 aliphatic carbocycles. The fourth-order valence-corrected chi connectivity index (χ4v) is 2.72. The van der Waals surface area contributed by atoms with Gasteiger partial charge in [-0.15, -0.1) is 0 Å². The van der Waals surface area contributed by atoms with E-state index in [2.05, 4.69) is 15.4 Å². The Labute approximate surface area is 152 Å².